The minimum atomic E-state index is 0.0558. The zero-order chi connectivity index (χ0) is 9.42. The Labute approximate surface area is 79.4 Å². The molecule has 0 saturated carbocycles. The first kappa shape index (κ1) is 8.26. The average Bonchev–Trinajstić information content (AvgIpc) is 2.45. The fraction of sp³-hybridized carbons (Fsp3) is 0.100. The molecule has 0 bridgehead atoms. The Hall–Kier alpha value is -1.35. The van der Waals surface area contributed by atoms with Gasteiger partial charge in [0.25, 0.3) is 0 Å². The third-order valence-electron chi connectivity index (χ3n) is 1.96. The summed E-state index contributed by atoms with van der Waals surface area (Å²) >= 11 is 1.62. The second-order valence-corrected chi connectivity index (χ2v) is 4.17. The molecule has 0 saturated heterocycles. The van der Waals surface area contributed by atoms with Crippen molar-refractivity contribution in [2.75, 3.05) is 0 Å². The number of aromatic hydroxyl groups is 1. The highest BCUT2D eigenvalue weighted by atomic mass is 32.1. The van der Waals surface area contributed by atoms with E-state index in [1.807, 2.05) is 19.1 Å². The Morgan fingerprint density at radius 1 is 1.46 bits per heavy atom. The highest BCUT2D eigenvalue weighted by Crippen LogP contribution is 2.31. The monoisotopic (exact) mass is 192 g/mol. The number of aldehydes is 1. The molecular formula is C10H8O2S. The summed E-state index contributed by atoms with van der Waals surface area (Å²) in [7, 11) is 0. The van der Waals surface area contributed by atoms with Gasteiger partial charge in [-0.1, -0.05) is 0 Å². The van der Waals surface area contributed by atoms with Gasteiger partial charge in [-0.2, -0.15) is 0 Å². The van der Waals surface area contributed by atoms with Crippen LogP contribution in [-0.4, -0.2) is 11.4 Å². The van der Waals surface area contributed by atoms with Crippen LogP contribution in [-0.2, 0) is 0 Å². The molecule has 0 aliphatic heterocycles. The van der Waals surface area contributed by atoms with Crippen LogP contribution in [0, 0.1) is 6.92 Å². The number of phenols is 1. The summed E-state index contributed by atoms with van der Waals surface area (Å²) in [4.78, 5) is 11.8. The highest BCUT2D eigenvalue weighted by molar-refractivity contribution is 7.19. The number of thiophene rings is 1. The molecule has 1 aromatic heterocycles. The second-order valence-electron chi connectivity index (χ2n) is 2.89. The van der Waals surface area contributed by atoms with E-state index in [1.54, 1.807) is 17.4 Å². The van der Waals surface area contributed by atoms with Crippen molar-refractivity contribution in [3.8, 4) is 5.75 Å². The van der Waals surface area contributed by atoms with E-state index in [0.29, 0.717) is 11.8 Å². The fourth-order valence-corrected chi connectivity index (χ4v) is 2.31. The Morgan fingerprint density at radius 2 is 2.23 bits per heavy atom. The lowest BCUT2D eigenvalue weighted by molar-refractivity contribution is 0.112. The second kappa shape index (κ2) is 2.85. The Balaban J connectivity index is 2.90. The maximum Gasteiger partial charge on any atom is 0.154 e. The number of carbonyl (C=O) groups is 1. The van der Waals surface area contributed by atoms with Crippen LogP contribution in [0.2, 0.25) is 0 Å². The minimum absolute atomic E-state index is 0.0558. The molecule has 0 amide bonds. The molecule has 0 radical (unpaired) electrons. The molecule has 2 rings (SSSR count). The van der Waals surface area contributed by atoms with Crippen LogP contribution in [0.25, 0.3) is 10.1 Å². The van der Waals surface area contributed by atoms with Crippen molar-refractivity contribution < 1.29 is 9.90 Å². The Morgan fingerprint density at radius 3 is 2.92 bits per heavy atom. The van der Waals surface area contributed by atoms with E-state index in [1.165, 1.54) is 0 Å². The van der Waals surface area contributed by atoms with Crippen LogP contribution in [0.5, 0.6) is 5.75 Å². The highest BCUT2D eigenvalue weighted by Gasteiger charge is 2.07. The summed E-state index contributed by atoms with van der Waals surface area (Å²) in [5.41, 5.74) is 0.391. The predicted octanol–water partition coefficient (Wildman–Crippen LogP) is 2.73. The van der Waals surface area contributed by atoms with Crippen molar-refractivity contribution in [3.05, 3.63) is 28.6 Å². The number of benzene rings is 1. The first-order valence-corrected chi connectivity index (χ1v) is 4.71. The van der Waals surface area contributed by atoms with Crippen LogP contribution >= 0.6 is 11.3 Å². The van der Waals surface area contributed by atoms with Gasteiger partial charge in [0.15, 0.2) is 6.29 Å². The van der Waals surface area contributed by atoms with E-state index >= 15 is 0 Å². The molecule has 0 spiro atoms. The van der Waals surface area contributed by atoms with E-state index < -0.39 is 0 Å². The molecule has 1 N–H and O–H groups in total. The van der Waals surface area contributed by atoms with Crippen LogP contribution in [0.15, 0.2) is 18.2 Å². The molecule has 0 atom stereocenters. The topological polar surface area (TPSA) is 37.3 Å². The van der Waals surface area contributed by atoms with Gasteiger partial charge in [-0.05, 0) is 25.1 Å². The smallest absolute Gasteiger partial charge is 0.154 e. The summed E-state index contributed by atoms with van der Waals surface area (Å²) in [6.45, 7) is 1.98. The van der Waals surface area contributed by atoms with E-state index in [9.17, 15) is 9.90 Å². The van der Waals surface area contributed by atoms with Crippen molar-refractivity contribution in [1.82, 2.24) is 0 Å². The number of carbonyl (C=O) groups excluding carboxylic acids is 1. The fourth-order valence-electron chi connectivity index (χ4n) is 1.37. The first-order chi connectivity index (χ1) is 6.22. The number of hydrogen-bond donors (Lipinski definition) is 1. The van der Waals surface area contributed by atoms with Gasteiger partial charge in [0, 0.05) is 15.0 Å². The van der Waals surface area contributed by atoms with Gasteiger partial charge >= 0.3 is 0 Å². The molecule has 0 fully saturated rings. The van der Waals surface area contributed by atoms with Crippen molar-refractivity contribution in [1.29, 1.82) is 0 Å². The molecule has 66 valence electrons. The number of aryl methyl sites for hydroxylation is 1. The lowest BCUT2D eigenvalue weighted by Crippen LogP contribution is -1.80. The van der Waals surface area contributed by atoms with Gasteiger partial charge in [-0.25, -0.2) is 0 Å². The van der Waals surface area contributed by atoms with Crippen molar-refractivity contribution >= 4 is 27.7 Å². The van der Waals surface area contributed by atoms with Crippen LogP contribution in [0.1, 0.15) is 15.2 Å². The average molecular weight is 192 g/mol. The zero-order valence-electron chi connectivity index (χ0n) is 7.07. The molecule has 3 heteroatoms. The van der Waals surface area contributed by atoms with Gasteiger partial charge in [-0.15, -0.1) is 11.3 Å². The van der Waals surface area contributed by atoms with E-state index in [2.05, 4.69) is 0 Å². The predicted molar refractivity (Wildman–Crippen MR) is 53.6 cm³/mol. The third kappa shape index (κ3) is 1.21. The van der Waals surface area contributed by atoms with Crippen molar-refractivity contribution in [2.24, 2.45) is 0 Å². The van der Waals surface area contributed by atoms with Crippen LogP contribution in [0.3, 0.4) is 0 Å². The summed E-state index contributed by atoms with van der Waals surface area (Å²) in [5, 5.41) is 10.2. The number of fused-ring (bicyclic) bond motifs is 1. The molecule has 1 heterocycles. The number of phenolic OH excluding ortho intramolecular Hbond substituents is 1. The molecule has 2 nitrogen and oxygen atoms in total. The Kier molecular flexibility index (Phi) is 1.81. The SMILES string of the molecule is Cc1cc2c(C=O)c(O)ccc2s1. The van der Waals surface area contributed by atoms with E-state index in [-0.39, 0.29) is 5.75 Å². The molecule has 2 aromatic rings. The molecule has 13 heavy (non-hydrogen) atoms. The number of rotatable bonds is 1. The van der Waals surface area contributed by atoms with Gasteiger partial charge in [-0.3, -0.25) is 4.79 Å². The van der Waals surface area contributed by atoms with E-state index in [0.717, 1.165) is 15.0 Å². The maximum absolute atomic E-state index is 10.7. The number of hydrogen-bond acceptors (Lipinski definition) is 3. The van der Waals surface area contributed by atoms with Gasteiger partial charge in [0.2, 0.25) is 0 Å². The van der Waals surface area contributed by atoms with Crippen LogP contribution < -0.4 is 0 Å². The summed E-state index contributed by atoms with van der Waals surface area (Å²) in [6, 6.07) is 5.31. The lowest BCUT2D eigenvalue weighted by Gasteiger charge is -1.97. The summed E-state index contributed by atoms with van der Waals surface area (Å²) in [6.07, 6.45) is 0.698. The summed E-state index contributed by atoms with van der Waals surface area (Å²) in [5.74, 6) is 0.0558. The molecule has 1 aromatic carbocycles. The maximum atomic E-state index is 10.7. The van der Waals surface area contributed by atoms with Crippen LogP contribution in [0.4, 0.5) is 0 Å². The van der Waals surface area contributed by atoms with E-state index in [4.69, 9.17) is 0 Å². The van der Waals surface area contributed by atoms with Crippen molar-refractivity contribution in [2.45, 2.75) is 6.92 Å². The molecular weight excluding hydrogens is 184 g/mol. The largest absolute Gasteiger partial charge is 0.507 e. The lowest BCUT2D eigenvalue weighted by atomic mass is 10.1. The zero-order valence-corrected chi connectivity index (χ0v) is 7.89. The molecule has 0 aliphatic carbocycles. The first-order valence-electron chi connectivity index (χ1n) is 3.89. The van der Waals surface area contributed by atoms with Gasteiger partial charge < -0.3 is 5.11 Å². The quantitative estimate of drug-likeness (QED) is 0.705. The third-order valence-corrected chi connectivity index (χ3v) is 2.98. The standard InChI is InChI=1S/C10H8O2S/c1-6-4-7-8(5-11)9(12)2-3-10(7)13-6/h2-5,12H,1H3. The molecule has 0 unspecified atom stereocenters. The Bertz CT molecular complexity index is 471. The normalized spacial score (nSPS) is 10.5. The van der Waals surface area contributed by atoms with Gasteiger partial charge in [0.05, 0.1) is 5.56 Å². The molecule has 0 aliphatic rings. The summed E-state index contributed by atoms with van der Waals surface area (Å²) < 4.78 is 1.04. The van der Waals surface area contributed by atoms with Crippen molar-refractivity contribution in [3.63, 3.8) is 0 Å². The van der Waals surface area contributed by atoms with Gasteiger partial charge in [0.1, 0.15) is 5.75 Å². The minimum Gasteiger partial charge on any atom is -0.507 e.